The highest BCUT2D eigenvalue weighted by Crippen LogP contribution is 2.29. The van der Waals surface area contributed by atoms with Gasteiger partial charge in [-0.3, -0.25) is 4.90 Å². The number of hydrogen-bond acceptors (Lipinski definition) is 8. The average Bonchev–Trinajstić information content (AvgIpc) is 3.12. The summed E-state index contributed by atoms with van der Waals surface area (Å²) in [5.41, 5.74) is 1.82. The van der Waals surface area contributed by atoms with E-state index in [1.807, 2.05) is 37.2 Å². The van der Waals surface area contributed by atoms with E-state index < -0.39 is 0 Å². The van der Waals surface area contributed by atoms with Crippen molar-refractivity contribution >= 4 is 40.8 Å². The van der Waals surface area contributed by atoms with Gasteiger partial charge >= 0.3 is 0 Å². The summed E-state index contributed by atoms with van der Waals surface area (Å²) in [4.78, 5) is 18.6. The zero-order valence-corrected chi connectivity index (χ0v) is 21.5. The smallest absolute Gasteiger partial charge is 0.233 e. The summed E-state index contributed by atoms with van der Waals surface area (Å²) < 4.78 is 0. The minimum atomic E-state index is 0.407. The van der Waals surface area contributed by atoms with Gasteiger partial charge in [0.15, 0.2) is 0 Å². The van der Waals surface area contributed by atoms with Gasteiger partial charge in [0.05, 0.1) is 10.7 Å². The molecule has 1 aromatic carbocycles. The Morgan fingerprint density at radius 2 is 1.71 bits per heavy atom. The predicted octanol–water partition coefficient (Wildman–Crippen LogP) is 5.37. The zero-order valence-electron chi connectivity index (χ0n) is 20.8. The lowest BCUT2D eigenvalue weighted by atomic mass is 10.1. The van der Waals surface area contributed by atoms with Crippen LogP contribution in [-0.4, -0.2) is 65.7 Å². The molecule has 3 N–H and O–H groups in total. The number of aromatic nitrogens is 3. The van der Waals surface area contributed by atoms with E-state index in [1.54, 1.807) is 0 Å². The number of nitrogens with zero attached hydrogens (tertiary/aromatic N) is 5. The molecule has 34 heavy (non-hydrogen) atoms. The lowest BCUT2D eigenvalue weighted by Crippen LogP contribution is -2.35. The Balaban J connectivity index is 1.52. The summed E-state index contributed by atoms with van der Waals surface area (Å²) >= 11 is 6.48. The van der Waals surface area contributed by atoms with Crippen molar-refractivity contribution in [3.8, 4) is 0 Å². The summed E-state index contributed by atoms with van der Waals surface area (Å²) in [7, 11) is 3.96. The topological polar surface area (TPSA) is 81.2 Å². The zero-order chi connectivity index (χ0) is 23.9. The molecule has 2 heterocycles. The molecule has 1 atom stereocenters. The van der Waals surface area contributed by atoms with Crippen molar-refractivity contribution in [2.24, 2.45) is 0 Å². The summed E-state index contributed by atoms with van der Waals surface area (Å²) in [6.07, 6.45) is 9.92. The Morgan fingerprint density at radius 3 is 2.41 bits per heavy atom. The fourth-order valence-electron chi connectivity index (χ4n) is 5.01. The maximum Gasteiger partial charge on any atom is 0.233 e. The first-order valence-electron chi connectivity index (χ1n) is 12.8. The summed E-state index contributed by atoms with van der Waals surface area (Å²) in [6, 6.07) is 6.83. The maximum atomic E-state index is 6.48. The lowest BCUT2D eigenvalue weighted by molar-refractivity contribution is 0.277. The van der Waals surface area contributed by atoms with Crippen LogP contribution in [0.4, 0.5) is 29.2 Å². The number of hydrogen-bond donors (Lipinski definition) is 3. The van der Waals surface area contributed by atoms with Crippen molar-refractivity contribution in [3.05, 3.63) is 23.2 Å². The van der Waals surface area contributed by atoms with Crippen molar-refractivity contribution in [2.45, 2.75) is 70.4 Å². The van der Waals surface area contributed by atoms with E-state index in [9.17, 15) is 0 Å². The number of likely N-dealkylation sites (tertiary alicyclic amines) is 1. The van der Waals surface area contributed by atoms with Gasteiger partial charge in [0.25, 0.3) is 0 Å². The van der Waals surface area contributed by atoms with Gasteiger partial charge in [-0.2, -0.15) is 15.0 Å². The molecule has 8 nitrogen and oxygen atoms in total. The van der Waals surface area contributed by atoms with E-state index >= 15 is 0 Å². The van der Waals surface area contributed by atoms with Gasteiger partial charge in [-0.05, 0) is 57.0 Å². The highest BCUT2D eigenvalue weighted by molar-refractivity contribution is 6.33. The molecular formula is C25H39ClN8. The molecule has 0 radical (unpaired) electrons. The molecule has 0 bridgehead atoms. The highest BCUT2D eigenvalue weighted by atomic mass is 35.5. The Morgan fingerprint density at radius 1 is 0.971 bits per heavy atom. The molecule has 2 aromatic rings. The third-order valence-electron chi connectivity index (χ3n) is 6.91. The normalized spacial score (nSPS) is 19.6. The monoisotopic (exact) mass is 486 g/mol. The van der Waals surface area contributed by atoms with Crippen molar-refractivity contribution in [1.29, 1.82) is 0 Å². The van der Waals surface area contributed by atoms with Crippen LogP contribution in [0.25, 0.3) is 0 Å². The number of rotatable bonds is 9. The first-order valence-corrected chi connectivity index (χ1v) is 13.1. The van der Waals surface area contributed by atoms with E-state index in [0.29, 0.717) is 35.0 Å². The van der Waals surface area contributed by atoms with E-state index in [4.69, 9.17) is 21.6 Å². The fraction of sp³-hybridized carbons (Fsp3) is 0.640. The predicted molar refractivity (Wildman–Crippen MR) is 143 cm³/mol. The number of nitrogens with one attached hydrogen (secondary N) is 3. The average molecular weight is 487 g/mol. The third-order valence-corrected chi connectivity index (χ3v) is 7.21. The molecule has 1 saturated heterocycles. The van der Waals surface area contributed by atoms with Crippen LogP contribution in [0.3, 0.4) is 0 Å². The van der Waals surface area contributed by atoms with Gasteiger partial charge in [0, 0.05) is 38.4 Å². The van der Waals surface area contributed by atoms with Gasteiger partial charge in [-0.25, -0.2) is 0 Å². The quantitative estimate of drug-likeness (QED) is 0.408. The fourth-order valence-corrected chi connectivity index (χ4v) is 5.36. The van der Waals surface area contributed by atoms with Crippen LogP contribution in [0.5, 0.6) is 0 Å². The Bertz CT molecular complexity index is 929. The molecule has 0 spiro atoms. The van der Waals surface area contributed by atoms with Gasteiger partial charge in [0.2, 0.25) is 17.8 Å². The molecule has 1 aliphatic heterocycles. The number of halogens is 1. The van der Waals surface area contributed by atoms with Crippen LogP contribution in [0, 0.1) is 0 Å². The molecule has 186 valence electrons. The van der Waals surface area contributed by atoms with Crippen molar-refractivity contribution in [3.63, 3.8) is 0 Å². The van der Waals surface area contributed by atoms with Gasteiger partial charge in [-0.1, -0.05) is 44.2 Å². The Hall–Kier alpha value is -2.32. The van der Waals surface area contributed by atoms with E-state index in [0.717, 1.165) is 37.3 Å². The molecule has 0 amide bonds. The second kappa shape index (κ2) is 11.9. The Labute approximate surface area is 208 Å². The minimum absolute atomic E-state index is 0.407. The summed E-state index contributed by atoms with van der Waals surface area (Å²) in [5.74, 6) is 1.75. The maximum absolute atomic E-state index is 6.48. The van der Waals surface area contributed by atoms with E-state index in [-0.39, 0.29) is 0 Å². The molecule has 1 saturated carbocycles. The molecule has 9 heteroatoms. The van der Waals surface area contributed by atoms with E-state index in [2.05, 4.69) is 32.8 Å². The van der Waals surface area contributed by atoms with Crippen molar-refractivity contribution < 1.29 is 0 Å². The van der Waals surface area contributed by atoms with Crippen molar-refractivity contribution in [2.75, 3.05) is 54.6 Å². The number of likely N-dealkylation sites (N-methyl/N-ethyl adjacent to an activating group) is 1. The Kier molecular flexibility index (Phi) is 8.67. The van der Waals surface area contributed by atoms with E-state index in [1.165, 1.54) is 45.1 Å². The van der Waals surface area contributed by atoms with Crippen LogP contribution >= 0.6 is 11.6 Å². The lowest BCUT2D eigenvalue weighted by Gasteiger charge is -2.23. The van der Waals surface area contributed by atoms with Crippen LogP contribution in [-0.2, 0) is 0 Å². The van der Waals surface area contributed by atoms with Gasteiger partial charge in [-0.15, -0.1) is 0 Å². The van der Waals surface area contributed by atoms with Crippen LogP contribution < -0.4 is 20.9 Å². The SMILES string of the molecule is CCN1CCCC1CNc1nc(Nc2ccc(N(C)C)c(Cl)c2)nc(NC2CCCCCC2)n1. The molecule has 1 aliphatic carbocycles. The van der Waals surface area contributed by atoms with Crippen molar-refractivity contribution in [1.82, 2.24) is 19.9 Å². The molecule has 4 rings (SSSR count). The summed E-state index contributed by atoms with van der Waals surface area (Å²) in [6.45, 7) is 5.31. The molecule has 2 aliphatic rings. The third kappa shape index (κ3) is 6.63. The molecule has 2 fully saturated rings. The van der Waals surface area contributed by atoms with Gasteiger partial charge in [0.1, 0.15) is 0 Å². The minimum Gasteiger partial charge on any atom is -0.376 e. The highest BCUT2D eigenvalue weighted by Gasteiger charge is 2.23. The molecule has 1 aromatic heterocycles. The van der Waals surface area contributed by atoms with Crippen LogP contribution in [0.15, 0.2) is 18.2 Å². The molecular weight excluding hydrogens is 448 g/mol. The first kappa shape index (κ1) is 24.8. The largest absolute Gasteiger partial charge is 0.376 e. The molecule has 1 unspecified atom stereocenters. The number of benzene rings is 1. The van der Waals surface area contributed by atoms with Crippen LogP contribution in [0.2, 0.25) is 5.02 Å². The second-order valence-electron chi connectivity index (χ2n) is 9.63. The summed E-state index contributed by atoms with van der Waals surface area (Å²) in [5, 5.41) is 11.1. The van der Waals surface area contributed by atoms with Crippen LogP contribution in [0.1, 0.15) is 58.3 Å². The second-order valence-corrected chi connectivity index (χ2v) is 10.0. The van der Waals surface area contributed by atoms with Gasteiger partial charge < -0.3 is 20.9 Å². The standard InChI is InChI=1S/C25H39ClN8/c1-4-34-15-9-12-20(34)17-27-23-30-24(28-18-10-7-5-6-8-11-18)32-25(31-23)29-19-13-14-22(33(2)3)21(26)16-19/h13-14,16,18,20H,4-12,15,17H2,1-3H3,(H3,27,28,29,30,31,32). The number of anilines is 5. The first-order chi connectivity index (χ1) is 16.5.